The summed E-state index contributed by atoms with van der Waals surface area (Å²) in [7, 11) is 0. The third-order valence-corrected chi connectivity index (χ3v) is 2.23. The molecule has 0 radical (unpaired) electrons. The van der Waals surface area contributed by atoms with E-state index in [0.717, 1.165) is 10.9 Å². The van der Waals surface area contributed by atoms with Gasteiger partial charge in [0.05, 0.1) is 18.6 Å². The predicted molar refractivity (Wildman–Crippen MR) is 56.8 cm³/mol. The van der Waals surface area contributed by atoms with E-state index >= 15 is 0 Å². The van der Waals surface area contributed by atoms with Crippen LogP contribution in [0.2, 0.25) is 0 Å². The highest BCUT2D eigenvalue weighted by Gasteiger charge is 2.32. The minimum atomic E-state index is -4.61. The first-order chi connectivity index (χ1) is 8.47. The van der Waals surface area contributed by atoms with Crippen LogP contribution in [0, 0.1) is 0 Å². The Hall–Kier alpha value is -2.18. The van der Waals surface area contributed by atoms with Gasteiger partial charge in [0, 0.05) is 12.3 Å². The topological polar surface area (TPSA) is 47.8 Å². The third kappa shape index (κ3) is 2.73. The van der Waals surface area contributed by atoms with Crippen LogP contribution in [0.3, 0.4) is 0 Å². The van der Waals surface area contributed by atoms with Crippen LogP contribution in [0.1, 0.15) is 11.4 Å². The minimum absolute atomic E-state index is 0.0881. The SMILES string of the molecule is O=c1cc(C(F)(F)F)ncn1Cc1ccccn1. The van der Waals surface area contributed by atoms with E-state index in [4.69, 9.17) is 0 Å². The summed E-state index contributed by atoms with van der Waals surface area (Å²) in [5.74, 6) is 0. The average molecular weight is 255 g/mol. The molecule has 0 spiro atoms. The van der Waals surface area contributed by atoms with Crippen molar-refractivity contribution in [2.75, 3.05) is 0 Å². The molecule has 0 atom stereocenters. The molecule has 18 heavy (non-hydrogen) atoms. The fourth-order valence-corrected chi connectivity index (χ4v) is 1.37. The van der Waals surface area contributed by atoms with Crippen molar-refractivity contribution in [2.24, 2.45) is 0 Å². The maximum Gasteiger partial charge on any atom is 0.433 e. The molecule has 0 saturated heterocycles. The molecular formula is C11H8F3N3O. The molecule has 0 aliphatic carbocycles. The third-order valence-electron chi connectivity index (χ3n) is 2.23. The highest BCUT2D eigenvalue weighted by atomic mass is 19.4. The first-order valence-corrected chi connectivity index (χ1v) is 5.00. The maximum atomic E-state index is 12.3. The molecule has 7 heteroatoms. The van der Waals surface area contributed by atoms with E-state index in [1.54, 1.807) is 18.2 Å². The van der Waals surface area contributed by atoms with Gasteiger partial charge in [-0.3, -0.25) is 14.3 Å². The zero-order valence-electron chi connectivity index (χ0n) is 9.05. The Bertz CT molecular complexity index is 592. The van der Waals surface area contributed by atoms with Crippen molar-refractivity contribution < 1.29 is 13.2 Å². The zero-order chi connectivity index (χ0) is 13.2. The molecule has 2 aromatic heterocycles. The molecule has 2 rings (SSSR count). The standard InChI is InChI=1S/C11H8F3N3O/c12-11(13,14)9-5-10(18)17(7-16-9)6-8-3-1-2-4-15-8/h1-5,7H,6H2. The van der Waals surface area contributed by atoms with Crippen LogP contribution in [0.5, 0.6) is 0 Å². The lowest BCUT2D eigenvalue weighted by atomic mass is 10.3. The van der Waals surface area contributed by atoms with Gasteiger partial charge in [-0.05, 0) is 12.1 Å². The Morgan fingerprint density at radius 3 is 2.56 bits per heavy atom. The van der Waals surface area contributed by atoms with E-state index < -0.39 is 17.4 Å². The summed E-state index contributed by atoms with van der Waals surface area (Å²) in [6, 6.07) is 5.58. The van der Waals surface area contributed by atoms with E-state index in [1.165, 1.54) is 6.20 Å². The quantitative estimate of drug-likeness (QED) is 0.820. The van der Waals surface area contributed by atoms with Crippen molar-refractivity contribution >= 4 is 0 Å². The molecular weight excluding hydrogens is 247 g/mol. The Kier molecular flexibility index (Phi) is 3.14. The molecule has 0 unspecified atom stereocenters. The number of hydrogen-bond acceptors (Lipinski definition) is 3. The molecule has 0 aliphatic rings. The summed E-state index contributed by atoms with van der Waals surface area (Å²) in [5, 5.41) is 0. The van der Waals surface area contributed by atoms with E-state index in [0.29, 0.717) is 11.8 Å². The van der Waals surface area contributed by atoms with Gasteiger partial charge in [-0.1, -0.05) is 6.07 Å². The van der Waals surface area contributed by atoms with Gasteiger partial charge < -0.3 is 0 Å². The van der Waals surface area contributed by atoms with Crippen LogP contribution >= 0.6 is 0 Å². The first-order valence-electron chi connectivity index (χ1n) is 5.00. The Morgan fingerprint density at radius 2 is 2.00 bits per heavy atom. The molecule has 4 nitrogen and oxygen atoms in total. The molecule has 2 aromatic rings. The summed E-state index contributed by atoms with van der Waals surface area (Å²) < 4.78 is 38.0. The van der Waals surface area contributed by atoms with E-state index in [2.05, 4.69) is 9.97 Å². The molecule has 94 valence electrons. The van der Waals surface area contributed by atoms with Gasteiger partial charge in [-0.2, -0.15) is 13.2 Å². The Morgan fingerprint density at radius 1 is 1.22 bits per heavy atom. The lowest BCUT2D eigenvalue weighted by molar-refractivity contribution is -0.141. The second-order valence-electron chi connectivity index (χ2n) is 3.56. The minimum Gasteiger partial charge on any atom is -0.293 e. The van der Waals surface area contributed by atoms with Crippen LogP contribution in [-0.2, 0) is 12.7 Å². The number of hydrogen-bond donors (Lipinski definition) is 0. The lowest BCUT2D eigenvalue weighted by Crippen LogP contribution is -2.24. The summed E-state index contributed by atoms with van der Waals surface area (Å²) in [5.41, 5.74) is -1.38. The number of halogens is 3. The van der Waals surface area contributed by atoms with Crippen LogP contribution in [0.4, 0.5) is 13.2 Å². The summed E-state index contributed by atoms with van der Waals surface area (Å²) in [6.07, 6.45) is -2.19. The van der Waals surface area contributed by atoms with Crippen LogP contribution in [-0.4, -0.2) is 14.5 Å². The van der Waals surface area contributed by atoms with E-state index in [-0.39, 0.29) is 6.54 Å². The molecule has 0 aliphatic heterocycles. The second-order valence-corrected chi connectivity index (χ2v) is 3.56. The Labute approximate surface area is 99.7 Å². The van der Waals surface area contributed by atoms with Gasteiger partial charge in [0.2, 0.25) is 0 Å². The van der Waals surface area contributed by atoms with Crippen molar-refractivity contribution in [3.8, 4) is 0 Å². The van der Waals surface area contributed by atoms with Gasteiger partial charge in [-0.25, -0.2) is 4.98 Å². The number of aromatic nitrogens is 3. The van der Waals surface area contributed by atoms with Crippen LogP contribution in [0.15, 0.2) is 41.6 Å². The average Bonchev–Trinajstić information content (AvgIpc) is 2.32. The predicted octanol–water partition coefficient (Wildman–Crippen LogP) is 1.71. The largest absolute Gasteiger partial charge is 0.433 e. The van der Waals surface area contributed by atoms with Crippen molar-refractivity contribution in [2.45, 2.75) is 12.7 Å². The molecule has 0 aromatic carbocycles. The van der Waals surface area contributed by atoms with Crippen molar-refractivity contribution in [1.29, 1.82) is 0 Å². The second kappa shape index (κ2) is 4.59. The molecule has 0 amide bonds. The van der Waals surface area contributed by atoms with Crippen molar-refractivity contribution in [3.05, 3.63) is 58.5 Å². The monoisotopic (exact) mass is 255 g/mol. The zero-order valence-corrected chi connectivity index (χ0v) is 9.05. The first kappa shape index (κ1) is 12.3. The maximum absolute atomic E-state index is 12.3. The van der Waals surface area contributed by atoms with Gasteiger partial charge >= 0.3 is 6.18 Å². The number of rotatable bonds is 2. The van der Waals surface area contributed by atoms with Gasteiger partial charge in [0.25, 0.3) is 5.56 Å². The van der Waals surface area contributed by atoms with Gasteiger partial charge in [0.1, 0.15) is 0 Å². The molecule has 0 saturated carbocycles. The van der Waals surface area contributed by atoms with Crippen molar-refractivity contribution in [3.63, 3.8) is 0 Å². The highest BCUT2D eigenvalue weighted by molar-refractivity contribution is 5.07. The normalized spacial score (nSPS) is 11.5. The lowest BCUT2D eigenvalue weighted by Gasteiger charge is -2.07. The molecule has 0 bridgehead atoms. The molecule has 0 fully saturated rings. The van der Waals surface area contributed by atoms with E-state index in [1.807, 2.05) is 0 Å². The number of alkyl halides is 3. The molecule has 0 N–H and O–H groups in total. The number of nitrogens with zero attached hydrogens (tertiary/aromatic N) is 3. The fraction of sp³-hybridized carbons (Fsp3) is 0.182. The number of pyridine rings is 1. The van der Waals surface area contributed by atoms with E-state index in [9.17, 15) is 18.0 Å². The molecule has 2 heterocycles. The summed E-state index contributed by atoms with van der Waals surface area (Å²) in [4.78, 5) is 18.7. The van der Waals surface area contributed by atoms with Crippen LogP contribution in [0.25, 0.3) is 0 Å². The van der Waals surface area contributed by atoms with Gasteiger partial charge in [-0.15, -0.1) is 0 Å². The fourth-order valence-electron chi connectivity index (χ4n) is 1.37. The Balaban J connectivity index is 2.29. The van der Waals surface area contributed by atoms with Gasteiger partial charge in [0.15, 0.2) is 5.69 Å². The summed E-state index contributed by atoms with van der Waals surface area (Å²) in [6.45, 7) is 0.0881. The highest BCUT2D eigenvalue weighted by Crippen LogP contribution is 2.25. The van der Waals surface area contributed by atoms with Crippen molar-refractivity contribution in [1.82, 2.24) is 14.5 Å². The van der Waals surface area contributed by atoms with Crippen LogP contribution < -0.4 is 5.56 Å². The summed E-state index contributed by atoms with van der Waals surface area (Å²) >= 11 is 0. The smallest absolute Gasteiger partial charge is 0.293 e.